The number of thiocarbonyl (C=S) groups is 2. The predicted molar refractivity (Wildman–Crippen MR) is 146 cm³/mol. The summed E-state index contributed by atoms with van der Waals surface area (Å²) in [7, 11) is 0. The molecule has 0 atom stereocenters. The normalized spacial score (nSPS) is 9.14. The molecule has 6 rings (SSSR count). The first-order valence-corrected chi connectivity index (χ1v) is 10.7. The van der Waals surface area contributed by atoms with Crippen LogP contribution in [0.4, 0.5) is 0 Å². The van der Waals surface area contributed by atoms with Gasteiger partial charge in [0.05, 0.1) is 22.1 Å². The van der Waals surface area contributed by atoms with Crippen molar-refractivity contribution in [3.05, 3.63) is 108 Å². The van der Waals surface area contributed by atoms with Gasteiger partial charge in [0, 0.05) is 46.3 Å². The fourth-order valence-corrected chi connectivity index (χ4v) is 3.36. The molecule has 6 aromatic rings. The second kappa shape index (κ2) is 14.5. The Hall–Kier alpha value is -3.80. The molecule has 0 unspecified atom stereocenters. The average Bonchev–Trinajstić information content (AvgIpc) is 2.90. The standard InChI is InChI=1S/2C12H8N2.2CNS.Cu/c2*1-3-9-5-6-10-4-2-8-14-12(10)11(9)13-7-1;2*2-1-3;/h2*1-8H;;;/q;;2*-1;+2. The van der Waals surface area contributed by atoms with E-state index in [4.69, 9.17) is 10.8 Å². The summed E-state index contributed by atoms with van der Waals surface area (Å²) in [5, 5.41) is 21.5. The van der Waals surface area contributed by atoms with Gasteiger partial charge in [-0.15, -0.1) is 0 Å². The largest absolute Gasteiger partial charge is 2.00 e. The van der Waals surface area contributed by atoms with Crippen LogP contribution in [-0.2, 0) is 17.1 Å². The molecule has 0 aliphatic carbocycles. The predicted octanol–water partition coefficient (Wildman–Crippen LogP) is 6.88. The van der Waals surface area contributed by atoms with E-state index in [9.17, 15) is 0 Å². The summed E-state index contributed by atoms with van der Waals surface area (Å²) in [5.74, 6) is 0. The zero-order valence-electron chi connectivity index (χ0n) is 18.0. The molecule has 4 heterocycles. The summed E-state index contributed by atoms with van der Waals surface area (Å²) in [6, 6.07) is 24.3. The summed E-state index contributed by atoms with van der Waals surface area (Å²) in [6.07, 6.45) is 7.21. The Labute approximate surface area is 223 Å². The maximum absolute atomic E-state index is 7.13. The van der Waals surface area contributed by atoms with Crippen molar-refractivity contribution in [2.24, 2.45) is 0 Å². The maximum Gasteiger partial charge on any atom is 2.00 e. The minimum absolute atomic E-state index is 0. The van der Waals surface area contributed by atoms with Crippen LogP contribution in [-0.4, -0.2) is 30.3 Å². The van der Waals surface area contributed by atoms with Crippen LogP contribution in [0.2, 0.25) is 0 Å². The molecule has 0 saturated carbocycles. The quantitative estimate of drug-likeness (QED) is 0.0903. The van der Waals surface area contributed by atoms with Crippen LogP contribution in [0.5, 0.6) is 0 Å². The second-order valence-corrected chi connectivity index (χ2v) is 6.98. The fraction of sp³-hybridized carbons (Fsp3) is 0. The van der Waals surface area contributed by atoms with Crippen molar-refractivity contribution < 1.29 is 17.1 Å². The molecule has 35 heavy (non-hydrogen) atoms. The number of hydrogen-bond donors (Lipinski definition) is 0. The summed E-state index contributed by atoms with van der Waals surface area (Å²) in [4.78, 5) is 17.4. The molecule has 0 saturated heterocycles. The van der Waals surface area contributed by atoms with Crippen LogP contribution >= 0.6 is 24.4 Å². The summed E-state index contributed by atoms with van der Waals surface area (Å²) in [6.45, 7) is 0. The van der Waals surface area contributed by atoms with Gasteiger partial charge >= 0.3 is 17.1 Å². The smallest absolute Gasteiger partial charge is 0.753 e. The molecule has 0 bridgehead atoms. The number of fused-ring (bicyclic) bond motifs is 6. The van der Waals surface area contributed by atoms with Gasteiger partial charge in [0.2, 0.25) is 0 Å². The number of aromatic nitrogens is 4. The molecule has 0 aliphatic rings. The Morgan fingerprint density at radius 1 is 0.457 bits per heavy atom. The first-order valence-electron chi connectivity index (χ1n) is 9.93. The van der Waals surface area contributed by atoms with Gasteiger partial charge in [-0.3, -0.25) is 19.9 Å². The van der Waals surface area contributed by atoms with Crippen LogP contribution in [0, 0.1) is 0 Å². The molecule has 173 valence electrons. The first kappa shape index (κ1) is 27.4. The van der Waals surface area contributed by atoms with E-state index in [-0.39, 0.29) is 17.1 Å². The summed E-state index contributed by atoms with van der Waals surface area (Å²) >= 11 is 7.40. The van der Waals surface area contributed by atoms with Gasteiger partial charge in [0.25, 0.3) is 0 Å². The number of pyridine rings is 4. The van der Waals surface area contributed by atoms with E-state index in [1.54, 1.807) is 24.8 Å². The summed E-state index contributed by atoms with van der Waals surface area (Å²) < 4.78 is 0. The average molecular weight is 540 g/mol. The van der Waals surface area contributed by atoms with Crippen LogP contribution in [0.3, 0.4) is 0 Å². The van der Waals surface area contributed by atoms with Crippen LogP contribution in [0.1, 0.15) is 0 Å². The molecular weight excluding hydrogens is 524 g/mol. The van der Waals surface area contributed by atoms with E-state index in [1.165, 1.54) is 10.3 Å². The number of rotatable bonds is 0. The zero-order chi connectivity index (χ0) is 24.2. The van der Waals surface area contributed by atoms with Crippen molar-refractivity contribution >= 4 is 78.4 Å². The molecule has 1 radical (unpaired) electrons. The number of benzene rings is 2. The minimum atomic E-state index is 0. The van der Waals surface area contributed by atoms with Gasteiger partial charge in [-0.25, -0.2) is 0 Å². The van der Waals surface area contributed by atoms with Gasteiger partial charge in [0.15, 0.2) is 0 Å². The molecule has 9 heteroatoms. The van der Waals surface area contributed by atoms with E-state index in [0.717, 1.165) is 43.6 Å². The maximum atomic E-state index is 7.13. The molecular formula is C26H16CuN6S2. The molecule has 0 N–H and O–H groups in total. The van der Waals surface area contributed by atoms with Gasteiger partial charge < -0.3 is 10.8 Å². The van der Waals surface area contributed by atoms with E-state index in [2.05, 4.69) is 92.9 Å². The van der Waals surface area contributed by atoms with Crippen LogP contribution in [0.25, 0.3) is 54.4 Å². The van der Waals surface area contributed by atoms with Crippen molar-refractivity contribution in [1.82, 2.24) is 19.9 Å². The van der Waals surface area contributed by atoms with Gasteiger partial charge in [0.1, 0.15) is 0 Å². The van der Waals surface area contributed by atoms with Crippen LogP contribution < -0.4 is 0 Å². The SMILES string of the molecule is [Cu+2].[N-]=C=S.[N-]=C=S.c1cnc2c(c1)ccc1cccnc12.c1cnc2c(c1)ccc1cccnc12. The Morgan fingerprint density at radius 2 is 0.657 bits per heavy atom. The second-order valence-electron chi connectivity index (χ2n) is 6.61. The fourth-order valence-electron chi connectivity index (χ4n) is 3.36. The van der Waals surface area contributed by atoms with E-state index in [0.29, 0.717) is 0 Å². The Balaban J connectivity index is 0.000000198. The topological polar surface area (TPSA) is 96.2 Å². The third-order valence-corrected chi connectivity index (χ3v) is 4.69. The number of nitrogens with zero attached hydrogens (tertiary/aromatic N) is 6. The van der Waals surface area contributed by atoms with Crippen LogP contribution in [0.15, 0.2) is 97.6 Å². The molecule has 4 aromatic heterocycles. The van der Waals surface area contributed by atoms with Crippen molar-refractivity contribution in [3.63, 3.8) is 0 Å². The Bertz CT molecular complexity index is 1400. The van der Waals surface area contributed by atoms with Crippen molar-refractivity contribution in [3.8, 4) is 0 Å². The van der Waals surface area contributed by atoms with Gasteiger partial charge in [-0.2, -0.15) is 10.3 Å². The molecule has 0 aliphatic heterocycles. The third-order valence-electron chi connectivity index (χ3n) is 4.69. The summed E-state index contributed by atoms with van der Waals surface area (Å²) in [5.41, 5.74) is 3.91. The van der Waals surface area contributed by atoms with E-state index in [1.807, 2.05) is 24.3 Å². The molecule has 0 amide bonds. The molecule has 0 fully saturated rings. The minimum Gasteiger partial charge on any atom is -0.753 e. The Morgan fingerprint density at radius 3 is 0.857 bits per heavy atom. The number of isothiocyanates is 2. The van der Waals surface area contributed by atoms with Crippen molar-refractivity contribution in [2.75, 3.05) is 0 Å². The zero-order valence-corrected chi connectivity index (χ0v) is 20.6. The van der Waals surface area contributed by atoms with Gasteiger partial charge in [-0.1, -0.05) is 73.0 Å². The molecule has 2 aromatic carbocycles. The van der Waals surface area contributed by atoms with Gasteiger partial charge in [-0.05, 0) is 24.3 Å². The Kier molecular flexibility index (Phi) is 11.3. The third kappa shape index (κ3) is 7.09. The van der Waals surface area contributed by atoms with E-state index < -0.39 is 0 Å². The first-order chi connectivity index (χ1) is 16.7. The molecule has 0 spiro atoms. The molecule has 6 nitrogen and oxygen atoms in total. The van der Waals surface area contributed by atoms with Crippen molar-refractivity contribution in [1.29, 1.82) is 0 Å². The number of hydrogen-bond acceptors (Lipinski definition) is 6. The monoisotopic (exact) mass is 539 g/mol. The van der Waals surface area contributed by atoms with Crippen molar-refractivity contribution in [2.45, 2.75) is 0 Å². The van der Waals surface area contributed by atoms with E-state index >= 15 is 0 Å².